The maximum atomic E-state index is 6.02. The second kappa shape index (κ2) is 4.65. The molecule has 0 radical (unpaired) electrons. The summed E-state index contributed by atoms with van der Waals surface area (Å²) < 4.78 is 0. The summed E-state index contributed by atoms with van der Waals surface area (Å²) in [7, 11) is 0. The maximum absolute atomic E-state index is 6.02. The van der Waals surface area contributed by atoms with Crippen LogP contribution in [0, 0.1) is 13.8 Å². The molecular formula is C16H19N3. The molecule has 0 atom stereocenters. The van der Waals surface area contributed by atoms with Crippen LogP contribution in [0.15, 0.2) is 24.3 Å². The minimum absolute atomic E-state index is 0.522. The van der Waals surface area contributed by atoms with Crippen molar-refractivity contribution in [2.45, 2.75) is 39.0 Å². The number of nitrogens with two attached hydrogens (primary N) is 1. The van der Waals surface area contributed by atoms with Crippen LogP contribution in [-0.4, -0.2) is 9.97 Å². The van der Waals surface area contributed by atoms with Crippen molar-refractivity contribution >= 4 is 5.82 Å². The monoisotopic (exact) mass is 253 g/mol. The van der Waals surface area contributed by atoms with Crippen LogP contribution < -0.4 is 5.73 Å². The maximum Gasteiger partial charge on any atom is 0.150 e. The molecule has 3 nitrogen and oxygen atoms in total. The summed E-state index contributed by atoms with van der Waals surface area (Å²) in [6.07, 6.45) is 3.95. The van der Waals surface area contributed by atoms with E-state index in [1.807, 2.05) is 13.8 Å². The zero-order valence-corrected chi connectivity index (χ0v) is 11.5. The molecule has 1 fully saturated rings. The van der Waals surface area contributed by atoms with E-state index < -0.39 is 0 Å². The van der Waals surface area contributed by atoms with Gasteiger partial charge in [0.05, 0.1) is 11.4 Å². The third kappa shape index (κ3) is 2.21. The standard InChI is InChI=1S/C16H19N3/c1-10-11(2)19-16(17)15(18-10)14-8-4-7-13(9-14)12-5-3-6-12/h4,7-9,12H,3,5-6H2,1-2H3,(H2,17,19). The molecule has 1 aromatic carbocycles. The predicted molar refractivity (Wildman–Crippen MR) is 77.9 cm³/mol. The Hall–Kier alpha value is -1.90. The van der Waals surface area contributed by atoms with E-state index in [9.17, 15) is 0 Å². The van der Waals surface area contributed by atoms with Crippen LogP contribution in [0.2, 0.25) is 0 Å². The molecule has 3 rings (SSSR count). The molecule has 0 unspecified atom stereocenters. The van der Waals surface area contributed by atoms with Crippen molar-refractivity contribution in [2.75, 3.05) is 5.73 Å². The number of hydrogen-bond acceptors (Lipinski definition) is 3. The summed E-state index contributed by atoms with van der Waals surface area (Å²) in [4.78, 5) is 8.97. The summed E-state index contributed by atoms with van der Waals surface area (Å²) in [5.74, 6) is 1.24. The van der Waals surface area contributed by atoms with Gasteiger partial charge in [-0.05, 0) is 44.2 Å². The van der Waals surface area contributed by atoms with Crippen LogP contribution in [0.25, 0.3) is 11.3 Å². The fraction of sp³-hybridized carbons (Fsp3) is 0.375. The third-order valence-corrected chi connectivity index (χ3v) is 4.07. The van der Waals surface area contributed by atoms with E-state index in [4.69, 9.17) is 5.73 Å². The largest absolute Gasteiger partial charge is 0.382 e. The molecule has 98 valence electrons. The van der Waals surface area contributed by atoms with Gasteiger partial charge in [-0.25, -0.2) is 9.97 Å². The van der Waals surface area contributed by atoms with Gasteiger partial charge in [-0.2, -0.15) is 0 Å². The second-order valence-electron chi connectivity index (χ2n) is 5.38. The van der Waals surface area contributed by atoms with E-state index in [0.717, 1.165) is 28.6 Å². The highest BCUT2D eigenvalue weighted by Gasteiger charge is 2.20. The molecule has 2 aromatic rings. The lowest BCUT2D eigenvalue weighted by Crippen LogP contribution is -2.09. The van der Waals surface area contributed by atoms with Gasteiger partial charge in [-0.15, -0.1) is 0 Å². The van der Waals surface area contributed by atoms with Gasteiger partial charge >= 0.3 is 0 Å². The van der Waals surface area contributed by atoms with Gasteiger partial charge in [0.15, 0.2) is 0 Å². The molecule has 0 aliphatic heterocycles. The molecule has 0 amide bonds. The fourth-order valence-corrected chi connectivity index (χ4v) is 2.51. The number of nitrogen functional groups attached to an aromatic ring is 1. The van der Waals surface area contributed by atoms with E-state index >= 15 is 0 Å². The summed E-state index contributed by atoms with van der Waals surface area (Å²) in [5, 5.41) is 0. The first-order valence-corrected chi connectivity index (χ1v) is 6.86. The number of nitrogens with zero attached hydrogens (tertiary/aromatic N) is 2. The van der Waals surface area contributed by atoms with E-state index in [1.54, 1.807) is 0 Å². The van der Waals surface area contributed by atoms with Gasteiger partial charge in [0.2, 0.25) is 0 Å². The number of hydrogen-bond donors (Lipinski definition) is 1. The van der Waals surface area contributed by atoms with Crippen LogP contribution in [0.4, 0.5) is 5.82 Å². The Balaban J connectivity index is 2.04. The Kier molecular flexibility index (Phi) is 2.97. The Morgan fingerprint density at radius 2 is 1.84 bits per heavy atom. The molecule has 0 bridgehead atoms. The van der Waals surface area contributed by atoms with Crippen molar-refractivity contribution in [3.63, 3.8) is 0 Å². The summed E-state index contributed by atoms with van der Waals surface area (Å²) in [6, 6.07) is 8.59. The van der Waals surface area contributed by atoms with E-state index in [1.165, 1.54) is 24.8 Å². The van der Waals surface area contributed by atoms with Crippen molar-refractivity contribution in [3.8, 4) is 11.3 Å². The number of benzene rings is 1. The average Bonchev–Trinajstić information content (AvgIpc) is 2.32. The first-order valence-electron chi connectivity index (χ1n) is 6.86. The number of rotatable bonds is 2. The smallest absolute Gasteiger partial charge is 0.150 e. The van der Waals surface area contributed by atoms with Crippen molar-refractivity contribution in [1.29, 1.82) is 0 Å². The SMILES string of the molecule is Cc1nc(N)c(-c2cccc(C3CCC3)c2)nc1C. The van der Waals surface area contributed by atoms with Gasteiger partial charge < -0.3 is 5.73 Å². The minimum Gasteiger partial charge on any atom is -0.382 e. The minimum atomic E-state index is 0.522. The molecule has 0 saturated heterocycles. The van der Waals surface area contributed by atoms with Crippen LogP contribution in [0.3, 0.4) is 0 Å². The summed E-state index contributed by atoms with van der Waals surface area (Å²) in [5.41, 5.74) is 11.2. The zero-order chi connectivity index (χ0) is 13.4. The van der Waals surface area contributed by atoms with Crippen LogP contribution >= 0.6 is 0 Å². The quantitative estimate of drug-likeness (QED) is 0.889. The van der Waals surface area contributed by atoms with Crippen LogP contribution in [-0.2, 0) is 0 Å². The van der Waals surface area contributed by atoms with Crippen molar-refractivity contribution in [1.82, 2.24) is 9.97 Å². The Labute approximate surface area is 113 Å². The normalized spacial score (nSPS) is 15.3. The lowest BCUT2D eigenvalue weighted by molar-refractivity contribution is 0.420. The number of aromatic nitrogens is 2. The van der Waals surface area contributed by atoms with Gasteiger partial charge in [0.25, 0.3) is 0 Å². The zero-order valence-electron chi connectivity index (χ0n) is 11.5. The Bertz CT molecular complexity index is 615. The average molecular weight is 253 g/mol. The molecular weight excluding hydrogens is 234 g/mol. The van der Waals surface area contributed by atoms with Crippen molar-refractivity contribution < 1.29 is 0 Å². The first kappa shape index (κ1) is 12.2. The molecule has 1 saturated carbocycles. The lowest BCUT2D eigenvalue weighted by atomic mass is 9.79. The van der Waals surface area contributed by atoms with Crippen LogP contribution in [0.1, 0.15) is 42.1 Å². The molecule has 1 aromatic heterocycles. The lowest BCUT2D eigenvalue weighted by Gasteiger charge is -2.26. The molecule has 1 aliphatic carbocycles. The first-order chi connectivity index (χ1) is 9.15. The highest BCUT2D eigenvalue weighted by atomic mass is 14.9. The molecule has 0 spiro atoms. The molecule has 3 heteroatoms. The van der Waals surface area contributed by atoms with Gasteiger partial charge in [-0.1, -0.05) is 24.6 Å². The summed E-state index contributed by atoms with van der Waals surface area (Å²) >= 11 is 0. The van der Waals surface area contributed by atoms with E-state index in [0.29, 0.717) is 5.82 Å². The Morgan fingerprint density at radius 1 is 1.11 bits per heavy atom. The van der Waals surface area contributed by atoms with Gasteiger partial charge in [-0.3, -0.25) is 0 Å². The van der Waals surface area contributed by atoms with Gasteiger partial charge in [0, 0.05) is 5.56 Å². The third-order valence-electron chi connectivity index (χ3n) is 4.07. The summed E-state index contributed by atoms with van der Waals surface area (Å²) in [6.45, 7) is 3.91. The number of aryl methyl sites for hydroxylation is 2. The van der Waals surface area contributed by atoms with E-state index in [-0.39, 0.29) is 0 Å². The van der Waals surface area contributed by atoms with Gasteiger partial charge in [0.1, 0.15) is 11.5 Å². The topological polar surface area (TPSA) is 51.8 Å². The predicted octanol–water partition coefficient (Wildman–Crippen LogP) is 3.61. The highest BCUT2D eigenvalue weighted by molar-refractivity contribution is 5.70. The molecule has 1 heterocycles. The molecule has 19 heavy (non-hydrogen) atoms. The highest BCUT2D eigenvalue weighted by Crippen LogP contribution is 2.37. The fourth-order valence-electron chi connectivity index (χ4n) is 2.51. The van der Waals surface area contributed by atoms with Crippen molar-refractivity contribution in [2.24, 2.45) is 0 Å². The molecule has 2 N–H and O–H groups in total. The van der Waals surface area contributed by atoms with Crippen molar-refractivity contribution in [3.05, 3.63) is 41.2 Å². The second-order valence-corrected chi connectivity index (χ2v) is 5.38. The Morgan fingerprint density at radius 3 is 2.53 bits per heavy atom. The van der Waals surface area contributed by atoms with E-state index in [2.05, 4.69) is 34.2 Å². The van der Waals surface area contributed by atoms with Crippen LogP contribution in [0.5, 0.6) is 0 Å². The molecule has 1 aliphatic rings. The number of anilines is 1.